The zero-order valence-electron chi connectivity index (χ0n) is 10.7. The van der Waals surface area contributed by atoms with Crippen LogP contribution < -0.4 is 0 Å². The number of carbonyl (C=O) groups is 2. The molecule has 4 nitrogen and oxygen atoms in total. The molecule has 1 fully saturated rings. The molecule has 0 aromatic carbocycles. The van der Waals surface area contributed by atoms with Crippen molar-refractivity contribution in [1.29, 1.82) is 0 Å². The highest BCUT2D eigenvalue weighted by Gasteiger charge is 2.36. The molecule has 0 radical (unpaired) electrons. The Hall–Kier alpha value is -0.740. The number of ketones is 2. The average molecular weight is 226 g/mol. The van der Waals surface area contributed by atoms with Crippen molar-refractivity contribution in [3.8, 4) is 0 Å². The van der Waals surface area contributed by atoms with Crippen LogP contribution in [0, 0.1) is 11.8 Å². The lowest BCUT2D eigenvalue weighted by Crippen LogP contribution is -2.43. The second-order valence-electron chi connectivity index (χ2n) is 5.22. The Balaban J connectivity index is 2.58. The minimum absolute atomic E-state index is 0.0825. The highest BCUT2D eigenvalue weighted by atomic mass is 16.2. The molecule has 4 heteroatoms. The Morgan fingerprint density at radius 2 is 1.19 bits per heavy atom. The fourth-order valence-corrected chi connectivity index (χ4v) is 2.30. The molecule has 92 valence electrons. The van der Waals surface area contributed by atoms with Gasteiger partial charge in [-0.3, -0.25) is 9.59 Å². The zero-order valence-corrected chi connectivity index (χ0v) is 10.7. The molecule has 0 N–H and O–H groups in total. The highest BCUT2D eigenvalue weighted by Crippen LogP contribution is 2.24. The first-order chi connectivity index (χ1) is 7.41. The smallest absolute Gasteiger partial charge is 0.203 e. The summed E-state index contributed by atoms with van der Waals surface area (Å²) < 4.78 is 0. The second-order valence-corrected chi connectivity index (χ2v) is 5.22. The molecule has 2 unspecified atom stereocenters. The van der Waals surface area contributed by atoms with Crippen molar-refractivity contribution in [2.75, 3.05) is 41.3 Å². The van der Waals surface area contributed by atoms with Crippen molar-refractivity contribution in [3.05, 3.63) is 0 Å². The molecule has 0 saturated heterocycles. The van der Waals surface area contributed by atoms with Crippen molar-refractivity contribution in [1.82, 2.24) is 9.80 Å². The molecule has 1 aliphatic rings. The number of hydrogen-bond donors (Lipinski definition) is 0. The van der Waals surface area contributed by atoms with Crippen LogP contribution in [0.2, 0.25) is 0 Å². The van der Waals surface area contributed by atoms with Crippen LogP contribution in [-0.4, -0.2) is 62.6 Å². The molecule has 2 atom stereocenters. The third-order valence-corrected chi connectivity index (χ3v) is 3.02. The number of hydrogen-bond acceptors (Lipinski definition) is 4. The summed E-state index contributed by atoms with van der Waals surface area (Å²) in [5.41, 5.74) is 0. The van der Waals surface area contributed by atoms with Gasteiger partial charge in [0.05, 0.1) is 0 Å². The molecule has 0 aliphatic heterocycles. The van der Waals surface area contributed by atoms with Gasteiger partial charge in [0, 0.05) is 24.9 Å². The first-order valence-corrected chi connectivity index (χ1v) is 5.79. The largest absolute Gasteiger partial charge is 0.309 e. The molecule has 0 spiro atoms. The zero-order chi connectivity index (χ0) is 12.3. The van der Waals surface area contributed by atoms with Crippen LogP contribution in [0.5, 0.6) is 0 Å². The molecule has 0 heterocycles. The van der Waals surface area contributed by atoms with E-state index < -0.39 is 0 Å². The summed E-state index contributed by atoms with van der Waals surface area (Å²) in [6.07, 6.45) is 1.70. The van der Waals surface area contributed by atoms with Gasteiger partial charge in [-0.1, -0.05) is 0 Å². The Bertz CT molecular complexity index is 246. The Morgan fingerprint density at radius 1 is 0.875 bits per heavy atom. The molecular formula is C12H22N2O2. The van der Waals surface area contributed by atoms with Crippen LogP contribution in [0.25, 0.3) is 0 Å². The summed E-state index contributed by atoms with van der Waals surface area (Å²) in [6, 6.07) is 0. The van der Waals surface area contributed by atoms with Gasteiger partial charge in [-0.25, -0.2) is 0 Å². The van der Waals surface area contributed by atoms with E-state index in [4.69, 9.17) is 0 Å². The number of Topliss-reactive ketones (excluding diaryl/α,β-unsaturated/α-hetero) is 2. The fourth-order valence-electron chi connectivity index (χ4n) is 2.30. The van der Waals surface area contributed by atoms with Gasteiger partial charge in [0.15, 0.2) is 0 Å². The summed E-state index contributed by atoms with van der Waals surface area (Å²) in [7, 11) is 7.74. The van der Waals surface area contributed by atoms with Gasteiger partial charge in [0.2, 0.25) is 11.6 Å². The van der Waals surface area contributed by atoms with Gasteiger partial charge < -0.3 is 9.80 Å². The van der Waals surface area contributed by atoms with Crippen molar-refractivity contribution in [2.45, 2.75) is 12.8 Å². The number of rotatable bonds is 4. The lowest BCUT2D eigenvalue weighted by Gasteiger charge is -2.29. The van der Waals surface area contributed by atoms with E-state index in [1.165, 1.54) is 0 Å². The third-order valence-electron chi connectivity index (χ3n) is 3.02. The van der Waals surface area contributed by atoms with E-state index >= 15 is 0 Å². The lowest BCUT2D eigenvalue weighted by atomic mass is 9.79. The summed E-state index contributed by atoms with van der Waals surface area (Å²) in [5.74, 6) is -0.486. The third kappa shape index (κ3) is 3.39. The summed E-state index contributed by atoms with van der Waals surface area (Å²) in [6.45, 7) is 1.39. The van der Waals surface area contributed by atoms with Gasteiger partial charge in [0.25, 0.3) is 0 Å². The monoisotopic (exact) mass is 226 g/mol. The first-order valence-electron chi connectivity index (χ1n) is 5.79. The van der Waals surface area contributed by atoms with Crippen LogP contribution in [0.4, 0.5) is 0 Å². The first kappa shape index (κ1) is 13.3. The standard InChI is InChI=1S/C12H22N2O2/c1-13(2)7-9-5-6-10(8-14(3)4)12(16)11(9)15/h9-10H,5-8H2,1-4H3. The van der Waals surface area contributed by atoms with Gasteiger partial charge in [-0.05, 0) is 41.0 Å². The van der Waals surface area contributed by atoms with Gasteiger partial charge >= 0.3 is 0 Å². The second kappa shape index (κ2) is 5.55. The molecule has 0 aromatic heterocycles. The van der Waals surface area contributed by atoms with Crippen molar-refractivity contribution in [3.63, 3.8) is 0 Å². The normalized spacial score (nSPS) is 26.9. The molecular weight excluding hydrogens is 204 g/mol. The van der Waals surface area contributed by atoms with E-state index in [9.17, 15) is 9.59 Å². The maximum atomic E-state index is 11.9. The molecule has 16 heavy (non-hydrogen) atoms. The predicted molar refractivity (Wildman–Crippen MR) is 63.3 cm³/mol. The summed E-state index contributed by atoms with van der Waals surface area (Å²) >= 11 is 0. The molecule has 0 bridgehead atoms. The summed E-state index contributed by atoms with van der Waals surface area (Å²) in [5, 5.41) is 0. The Labute approximate surface area is 97.6 Å². The minimum Gasteiger partial charge on any atom is -0.309 e. The topological polar surface area (TPSA) is 40.6 Å². The van der Waals surface area contributed by atoms with Gasteiger partial charge in [0.1, 0.15) is 0 Å². The Morgan fingerprint density at radius 3 is 1.44 bits per heavy atom. The maximum absolute atomic E-state index is 11.9. The van der Waals surface area contributed by atoms with E-state index in [2.05, 4.69) is 0 Å². The van der Waals surface area contributed by atoms with Crippen LogP contribution >= 0.6 is 0 Å². The minimum atomic E-state index is -0.160. The summed E-state index contributed by atoms with van der Waals surface area (Å²) in [4.78, 5) is 27.7. The van der Waals surface area contributed by atoms with Crippen molar-refractivity contribution in [2.24, 2.45) is 11.8 Å². The lowest BCUT2D eigenvalue weighted by molar-refractivity contribution is -0.144. The van der Waals surface area contributed by atoms with Gasteiger partial charge in [-0.15, -0.1) is 0 Å². The SMILES string of the molecule is CN(C)CC1CCC(CN(C)C)C(=O)C1=O. The highest BCUT2D eigenvalue weighted by molar-refractivity contribution is 6.39. The Kier molecular flexibility index (Phi) is 4.62. The van der Waals surface area contributed by atoms with Crippen molar-refractivity contribution < 1.29 is 9.59 Å². The fraction of sp³-hybridized carbons (Fsp3) is 0.833. The number of carbonyl (C=O) groups excluding carboxylic acids is 2. The van der Waals surface area contributed by atoms with Crippen LogP contribution in [-0.2, 0) is 9.59 Å². The molecule has 0 aromatic rings. The van der Waals surface area contributed by atoms with Crippen LogP contribution in [0.1, 0.15) is 12.8 Å². The van der Waals surface area contributed by atoms with Gasteiger partial charge in [-0.2, -0.15) is 0 Å². The molecule has 1 aliphatic carbocycles. The molecule has 0 amide bonds. The molecule has 1 saturated carbocycles. The van der Waals surface area contributed by atoms with E-state index in [0.717, 1.165) is 12.8 Å². The van der Waals surface area contributed by atoms with E-state index in [0.29, 0.717) is 13.1 Å². The van der Waals surface area contributed by atoms with Crippen LogP contribution in [0.15, 0.2) is 0 Å². The van der Waals surface area contributed by atoms with Crippen molar-refractivity contribution >= 4 is 11.6 Å². The average Bonchev–Trinajstić information content (AvgIpc) is 2.16. The predicted octanol–water partition coefficient (Wildman–Crippen LogP) is 0.274. The van der Waals surface area contributed by atoms with Crippen LogP contribution in [0.3, 0.4) is 0 Å². The van der Waals surface area contributed by atoms with E-state index in [1.54, 1.807) is 0 Å². The van der Waals surface area contributed by atoms with E-state index in [-0.39, 0.29) is 23.4 Å². The van der Waals surface area contributed by atoms with E-state index in [1.807, 2.05) is 38.0 Å². The maximum Gasteiger partial charge on any atom is 0.203 e. The quantitative estimate of drug-likeness (QED) is 0.645. The number of nitrogens with zero attached hydrogens (tertiary/aromatic N) is 2. The molecule has 1 rings (SSSR count).